The molecule has 3 rings (SSSR count). The topological polar surface area (TPSA) is 74.0 Å². The van der Waals surface area contributed by atoms with E-state index in [1.807, 2.05) is 42.0 Å². The first-order chi connectivity index (χ1) is 11.7. The smallest absolute Gasteiger partial charge is 0.247 e. The second-order valence-electron chi connectivity index (χ2n) is 5.32. The van der Waals surface area contributed by atoms with Gasteiger partial charge < -0.3 is 19.2 Å². The normalized spacial score (nSPS) is 11.9. The number of imidazole rings is 2. The molecule has 0 saturated carbocycles. The number of benzene rings is 1. The van der Waals surface area contributed by atoms with Crippen molar-refractivity contribution in [3.63, 3.8) is 0 Å². The van der Waals surface area contributed by atoms with Gasteiger partial charge in [0.25, 0.3) is 0 Å². The molecule has 0 aliphatic rings. The van der Waals surface area contributed by atoms with Gasteiger partial charge in [-0.05, 0) is 19.1 Å². The van der Waals surface area contributed by atoms with Crippen molar-refractivity contribution in [2.24, 2.45) is 0 Å². The molecule has 1 amide bonds. The molecule has 0 aliphatic carbocycles. The number of ether oxygens (including phenoxy) is 1. The number of rotatable bonds is 7. The van der Waals surface area contributed by atoms with Crippen LogP contribution in [0.25, 0.3) is 0 Å². The molecular weight excluding hydrogens is 306 g/mol. The lowest BCUT2D eigenvalue weighted by molar-refractivity contribution is -0.118. The van der Waals surface area contributed by atoms with Gasteiger partial charge in [-0.25, -0.2) is 9.97 Å². The largest absolute Gasteiger partial charge is 0.490 e. The van der Waals surface area contributed by atoms with Crippen LogP contribution in [0.1, 0.15) is 13.0 Å². The molecule has 2 aromatic heterocycles. The highest BCUT2D eigenvalue weighted by molar-refractivity contribution is 5.94. The summed E-state index contributed by atoms with van der Waals surface area (Å²) >= 11 is 0. The molecule has 0 fully saturated rings. The fraction of sp³-hybridized carbons (Fsp3) is 0.235. The van der Waals surface area contributed by atoms with E-state index in [-0.39, 0.29) is 11.9 Å². The van der Waals surface area contributed by atoms with Crippen LogP contribution >= 0.6 is 0 Å². The predicted molar refractivity (Wildman–Crippen MR) is 89.7 cm³/mol. The second kappa shape index (κ2) is 7.45. The number of hydrogen-bond donors (Lipinski definition) is 1. The third-order valence-electron chi connectivity index (χ3n) is 3.66. The van der Waals surface area contributed by atoms with Crippen molar-refractivity contribution in [2.45, 2.75) is 19.5 Å². The molecule has 0 bridgehead atoms. The maximum atomic E-state index is 12.4. The van der Waals surface area contributed by atoms with Gasteiger partial charge in [-0.2, -0.15) is 0 Å². The highest BCUT2D eigenvalue weighted by Gasteiger charge is 2.16. The number of amides is 1. The zero-order valence-corrected chi connectivity index (χ0v) is 13.4. The van der Waals surface area contributed by atoms with Gasteiger partial charge in [0.2, 0.25) is 5.91 Å². The van der Waals surface area contributed by atoms with Crippen molar-refractivity contribution in [3.8, 4) is 5.75 Å². The predicted octanol–water partition coefficient (Wildman–Crippen LogP) is 2.36. The van der Waals surface area contributed by atoms with E-state index in [4.69, 9.17) is 4.74 Å². The maximum absolute atomic E-state index is 12.4. The zero-order chi connectivity index (χ0) is 16.8. The number of nitrogens with zero attached hydrogens (tertiary/aromatic N) is 4. The van der Waals surface area contributed by atoms with E-state index in [2.05, 4.69) is 15.3 Å². The van der Waals surface area contributed by atoms with Crippen LogP contribution in [0.5, 0.6) is 5.75 Å². The Kier molecular flexibility index (Phi) is 4.90. The Morgan fingerprint density at radius 3 is 2.75 bits per heavy atom. The van der Waals surface area contributed by atoms with Crippen LogP contribution in [0.15, 0.2) is 61.7 Å². The van der Waals surface area contributed by atoms with Crippen molar-refractivity contribution in [2.75, 3.05) is 11.9 Å². The molecule has 3 aromatic rings. The van der Waals surface area contributed by atoms with Crippen LogP contribution in [0.2, 0.25) is 0 Å². The summed E-state index contributed by atoms with van der Waals surface area (Å²) in [6, 6.07) is 7.05. The van der Waals surface area contributed by atoms with E-state index in [0.717, 1.165) is 0 Å². The summed E-state index contributed by atoms with van der Waals surface area (Å²) in [4.78, 5) is 20.4. The monoisotopic (exact) mass is 325 g/mol. The molecule has 2 heterocycles. The Morgan fingerprint density at radius 2 is 2.00 bits per heavy atom. The molecule has 0 spiro atoms. The first-order valence-electron chi connectivity index (χ1n) is 7.70. The van der Waals surface area contributed by atoms with Gasteiger partial charge in [-0.1, -0.05) is 12.1 Å². The molecule has 0 saturated heterocycles. The Hall–Kier alpha value is -3.09. The van der Waals surface area contributed by atoms with Crippen molar-refractivity contribution in [1.29, 1.82) is 0 Å². The minimum absolute atomic E-state index is 0.126. The first-order valence-corrected chi connectivity index (χ1v) is 7.70. The van der Waals surface area contributed by atoms with Gasteiger partial charge in [0.05, 0.1) is 24.9 Å². The van der Waals surface area contributed by atoms with Gasteiger partial charge in [-0.15, -0.1) is 0 Å². The molecule has 1 aromatic carbocycles. The van der Waals surface area contributed by atoms with E-state index in [9.17, 15) is 4.79 Å². The summed E-state index contributed by atoms with van der Waals surface area (Å²) in [7, 11) is 0. The number of para-hydroxylation sites is 2. The van der Waals surface area contributed by atoms with Crippen LogP contribution in [0, 0.1) is 0 Å². The number of aromatic nitrogens is 4. The third kappa shape index (κ3) is 3.81. The average molecular weight is 325 g/mol. The van der Waals surface area contributed by atoms with Crippen molar-refractivity contribution >= 4 is 11.6 Å². The summed E-state index contributed by atoms with van der Waals surface area (Å²) in [5, 5.41) is 2.91. The van der Waals surface area contributed by atoms with Gasteiger partial charge in [-0.3, -0.25) is 4.79 Å². The molecule has 1 atom stereocenters. The summed E-state index contributed by atoms with van der Waals surface area (Å²) < 4.78 is 9.48. The molecule has 0 aliphatic heterocycles. The summed E-state index contributed by atoms with van der Waals surface area (Å²) in [6.45, 7) is 2.99. The Morgan fingerprint density at radius 1 is 1.21 bits per heavy atom. The maximum Gasteiger partial charge on any atom is 0.247 e. The fourth-order valence-corrected chi connectivity index (χ4v) is 2.25. The molecule has 24 heavy (non-hydrogen) atoms. The molecular formula is C17H19N5O2. The molecule has 1 unspecified atom stereocenters. The highest BCUT2D eigenvalue weighted by Crippen LogP contribution is 2.24. The van der Waals surface area contributed by atoms with Gasteiger partial charge >= 0.3 is 0 Å². The van der Waals surface area contributed by atoms with Crippen LogP contribution in [0.3, 0.4) is 0 Å². The third-order valence-corrected chi connectivity index (χ3v) is 3.66. The summed E-state index contributed by atoms with van der Waals surface area (Å²) in [6.07, 6.45) is 10.4. The Balaban J connectivity index is 1.62. The molecule has 7 nitrogen and oxygen atoms in total. The summed E-state index contributed by atoms with van der Waals surface area (Å²) in [5.74, 6) is 0.516. The number of carbonyl (C=O) groups excluding carboxylic acids is 1. The van der Waals surface area contributed by atoms with Gasteiger partial charge in [0.15, 0.2) is 0 Å². The van der Waals surface area contributed by atoms with E-state index in [0.29, 0.717) is 24.6 Å². The molecule has 0 radical (unpaired) electrons. The second-order valence-corrected chi connectivity index (χ2v) is 5.32. The Labute approximate surface area is 139 Å². The van der Waals surface area contributed by atoms with Crippen LogP contribution in [-0.2, 0) is 11.3 Å². The van der Waals surface area contributed by atoms with E-state index >= 15 is 0 Å². The molecule has 1 N–H and O–H groups in total. The zero-order valence-electron chi connectivity index (χ0n) is 13.4. The summed E-state index contributed by atoms with van der Waals surface area (Å²) in [5.41, 5.74) is 0.653. The van der Waals surface area contributed by atoms with Crippen molar-refractivity contribution in [3.05, 3.63) is 61.7 Å². The molecule has 124 valence electrons. The van der Waals surface area contributed by atoms with E-state index < -0.39 is 0 Å². The fourth-order valence-electron chi connectivity index (χ4n) is 2.25. The molecule has 7 heteroatoms. The van der Waals surface area contributed by atoms with Crippen LogP contribution in [0.4, 0.5) is 5.69 Å². The lowest BCUT2D eigenvalue weighted by atomic mass is 10.2. The van der Waals surface area contributed by atoms with E-state index in [1.54, 1.807) is 35.8 Å². The van der Waals surface area contributed by atoms with E-state index in [1.165, 1.54) is 0 Å². The van der Waals surface area contributed by atoms with Crippen LogP contribution < -0.4 is 10.1 Å². The number of nitrogens with one attached hydrogen (secondary N) is 1. The highest BCUT2D eigenvalue weighted by atomic mass is 16.5. The lowest BCUT2D eigenvalue weighted by Crippen LogP contribution is -2.23. The van der Waals surface area contributed by atoms with Gasteiger partial charge in [0.1, 0.15) is 18.4 Å². The standard InChI is InChI=1S/C17H19N5O2/c1-14(22-9-7-19-13-22)17(23)20-15-4-2-3-5-16(15)24-11-10-21-8-6-18-12-21/h2-9,12-14H,10-11H2,1H3,(H,20,23). The SMILES string of the molecule is CC(C(=O)Nc1ccccc1OCCn1ccnc1)n1ccnc1. The minimum Gasteiger partial charge on any atom is -0.490 e. The van der Waals surface area contributed by atoms with Crippen molar-refractivity contribution in [1.82, 2.24) is 19.1 Å². The minimum atomic E-state index is -0.355. The Bertz CT molecular complexity index is 768. The number of anilines is 1. The quantitative estimate of drug-likeness (QED) is 0.724. The van der Waals surface area contributed by atoms with Gasteiger partial charge in [0, 0.05) is 24.8 Å². The van der Waals surface area contributed by atoms with Crippen molar-refractivity contribution < 1.29 is 9.53 Å². The first kappa shape index (κ1) is 15.8. The number of hydrogen-bond acceptors (Lipinski definition) is 4. The number of carbonyl (C=O) groups is 1. The van der Waals surface area contributed by atoms with Crippen LogP contribution in [-0.4, -0.2) is 31.6 Å². The average Bonchev–Trinajstić information content (AvgIpc) is 3.29. The lowest BCUT2D eigenvalue weighted by Gasteiger charge is -2.16.